The number of carbonyl (C=O) groups is 3. The molecule has 33 heavy (non-hydrogen) atoms. The third-order valence-corrected chi connectivity index (χ3v) is 6.78. The Morgan fingerprint density at radius 2 is 1.67 bits per heavy atom. The van der Waals surface area contributed by atoms with E-state index in [0.29, 0.717) is 43.3 Å². The van der Waals surface area contributed by atoms with Gasteiger partial charge < -0.3 is 14.4 Å². The van der Waals surface area contributed by atoms with E-state index >= 15 is 0 Å². The number of amides is 1. The van der Waals surface area contributed by atoms with Crippen LogP contribution >= 0.6 is 27.5 Å². The maximum atomic E-state index is 13.6. The van der Waals surface area contributed by atoms with Gasteiger partial charge >= 0.3 is 5.97 Å². The summed E-state index contributed by atoms with van der Waals surface area (Å²) in [5.41, 5.74) is 1.21. The van der Waals surface area contributed by atoms with Crippen LogP contribution < -0.4 is 0 Å². The first-order valence-electron chi connectivity index (χ1n) is 10.9. The van der Waals surface area contributed by atoms with E-state index in [1.54, 1.807) is 29.2 Å². The number of ketones is 1. The van der Waals surface area contributed by atoms with Crippen LogP contribution in [0, 0.1) is 11.8 Å². The number of rotatable bonds is 8. The van der Waals surface area contributed by atoms with Gasteiger partial charge in [-0.3, -0.25) is 14.4 Å². The minimum atomic E-state index is -1.16. The molecule has 1 amide bonds. The van der Waals surface area contributed by atoms with E-state index in [-0.39, 0.29) is 11.7 Å². The van der Waals surface area contributed by atoms with E-state index in [2.05, 4.69) is 15.9 Å². The summed E-state index contributed by atoms with van der Waals surface area (Å²) in [5, 5.41) is 0.527. The van der Waals surface area contributed by atoms with E-state index in [9.17, 15) is 14.4 Å². The first-order valence-corrected chi connectivity index (χ1v) is 12.0. The minimum Gasteiger partial charge on any atom is -0.468 e. The average Bonchev–Trinajstić information content (AvgIpc) is 2.84. The number of nitrogens with zero attached hydrogens (tertiary/aromatic N) is 1. The number of hydrogen-bond donors (Lipinski definition) is 0. The zero-order valence-electron chi connectivity index (χ0n) is 18.6. The lowest BCUT2D eigenvalue weighted by atomic mass is 9.72. The van der Waals surface area contributed by atoms with Gasteiger partial charge in [0.05, 0.1) is 20.3 Å². The Labute approximate surface area is 207 Å². The van der Waals surface area contributed by atoms with Gasteiger partial charge in [0.25, 0.3) is 0 Å². The molecule has 1 aliphatic rings. The van der Waals surface area contributed by atoms with Crippen LogP contribution in [0.15, 0.2) is 53.0 Å². The van der Waals surface area contributed by atoms with Crippen molar-refractivity contribution in [3.63, 3.8) is 0 Å². The summed E-state index contributed by atoms with van der Waals surface area (Å²) in [6.45, 7) is 3.48. The molecular weight excluding hydrogens is 510 g/mol. The molecule has 2 aromatic rings. The van der Waals surface area contributed by atoms with Gasteiger partial charge in [-0.1, -0.05) is 46.6 Å². The standard InChI is InChI=1S/C25H27BrClNO5/c1-3-20(23(29)17-6-10-19(27)11-7-17)21(16-4-8-18(26)9-5-16)22(25(31)32-2)24(30)28-12-14-33-15-13-28/h4-11,20-22H,3,12-15H2,1-2H3/t20-,21-,22-/m0/s1. The Morgan fingerprint density at radius 3 is 2.21 bits per heavy atom. The monoisotopic (exact) mass is 535 g/mol. The molecule has 3 atom stereocenters. The highest BCUT2D eigenvalue weighted by atomic mass is 79.9. The van der Waals surface area contributed by atoms with Crippen molar-refractivity contribution in [2.45, 2.75) is 19.3 Å². The first-order chi connectivity index (χ1) is 15.9. The number of benzene rings is 2. The third kappa shape index (κ3) is 6.02. The highest BCUT2D eigenvalue weighted by molar-refractivity contribution is 9.10. The second kappa shape index (κ2) is 11.8. The maximum absolute atomic E-state index is 13.6. The Bertz CT molecular complexity index is 973. The van der Waals surface area contributed by atoms with E-state index in [0.717, 1.165) is 10.0 Å². The van der Waals surface area contributed by atoms with Gasteiger partial charge in [-0.25, -0.2) is 0 Å². The smallest absolute Gasteiger partial charge is 0.318 e. The second-order valence-corrected chi connectivity index (χ2v) is 9.25. The fourth-order valence-corrected chi connectivity index (χ4v) is 4.67. The van der Waals surface area contributed by atoms with Crippen LogP contribution in [0.1, 0.15) is 35.2 Å². The van der Waals surface area contributed by atoms with Crippen LogP contribution in [0.25, 0.3) is 0 Å². The van der Waals surface area contributed by atoms with Crippen LogP contribution in [0.5, 0.6) is 0 Å². The lowest BCUT2D eigenvalue weighted by Gasteiger charge is -2.35. The summed E-state index contributed by atoms with van der Waals surface area (Å²) in [6, 6.07) is 14.0. The van der Waals surface area contributed by atoms with E-state index in [4.69, 9.17) is 21.1 Å². The Kier molecular flexibility index (Phi) is 9.06. The lowest BCUT2D eigenvalue weighted by Crippen LogP contribution is -2.49. The van der Waals surface area contributed by atoms with Crippen molar-refractivity contribution in [2.75, 3.05) is 33.4 Å². The molecule has 0 unspecified atom stereocenters. The molecule has 176 valence electrons. The number of ether oxygens (including phenoxy) is 2. The SMILES string of the molecule is CC[C@H](C(=O)c1ccc(Cl)cc1)[C@H](c1ccc(Br)cc1)[C@H](C(=O)OC)C(=O)N1CCOCC1. The molecule has 2 aromatic carbocycles. The van der Waals surface area contributed by atoms with Crippen molar-refractivity contribution < 1.29 is 23.9 Å². The molecule has 0 aliphatic carbocycles. The molecule has 0 radical (unpaired) electrons. The molecule has 1 heterocycles. The minimum absolute atomic E-state index is 0.147. The molecule has 0 aromatic heterocycles. The lowest BCUT2D eigenvalue weighted by molar-refractivity contribution is -0.157. The molecule has 3 rings (SSSR count). The molecule has 0 N–H and O–H groups in total. The quantitative estimate of drug-likeness (QED) is 0.277. The first kappa shape index (κ1) is 25.4. The van der Waals surface area contributed by atoms with Crippen LogP contribution in [0.2, 0.25) is 5.02 Å². The van der Waals surface area contributed by atoms with Crippen molar-refractivity contribution in [2.24, 2.45) is 11.8 Å². The number of carbonyl (C=O) groups excluding carboxylic acids is 3. The zero-order chi connectivity index (χ0) is 24.0. The molecular formula is C25H27BrClNO5. The Balaban J connectivity index is 2.09. The number of morpholine rings is 1. The highest BCUT2D eigenvalue weighted by Gasteiger charge is 2.45. The molecule has 1 saturated heterocycles. The summed E-state index contributed by atoms with van der Waals surface area (Å²) in [4.78, 5) is 42.0. The maximum Gasteiger partial charge on any atom is 0.318 e. The van der Waals surface area contributed by atoms with Crippen LogP contribution in [-0.2, 0) is 19.1 Å². The Hall–Kier alpha value is -2.22. The van der Waals surface area contributed by atoms with E-state index in [1.165, 1.54) is 7.11 Å². The van der Waals surface area contributed by atoms with Crippen LogP contribution in [0.4, 0.5) is 0 Å². The normalized spacial score (nSPS) is 16.5. The second-order valence-electron chi connectivity index (χ2n) is 7.90. The molecule has 6 nitrogen and oxygen atoms in total. The van der Waals surface area contributed by atoms with Crippen molar-refractivity contribution >= 4 is 45.2 Å². The molecule has 0 saturated carbocycles. The topological polar surface area (TPSA) is 72.9 Å². The van der Waals surface area contributed by atoms with Gasteiger partial charge in [0.1, 0.15) is 5.92 Å². The van der Waals surface area contributed by atoms with E-state index in [1.807, 2.05) is 31.2 Å². The van der Waals surface area contributed by atoms with Gasteiger partial charge in [0.2, 0.25) is 5.91 Å². The number of halogens is 2. The van der Waals surface area contributed by atoms with Gasteiger partial charge in [0.15, 0.2) is 5.78 Å². The molecule has 0 spiro atoms. The largest absolute Gasteiger partial charge is 0.468 e. The van der Waals surface area contributed by atoms with Gasteiger partial charge in [-0.05, 0) is 48.4 Å². The van der Waals surface area contributed by atoms with Crippen molar-refractivity contribution in [1.29, 1.82) is 0 Å². The zero-order valence-corrected chi connectivity index (χ0v) is 21.0. The predicted octanol–water partition coefficient (Wildman–Crippen LogP) is 4.74. The third-order valence-electron chi connectivity index (χ3n) is 6.00. The van der Waals surface area contributed by atoms with Crippen LogP contribution in [-0.4, -0.2) is 56.0 Å². The summed E-state index contributed by atoms with van der Waals surface area (Å²) in [5.74, 6) is -3.63. The summed E-state index contributed by atoms with van der Waals surface area (Å²) in [6.07, 6.45) is 0.437. The summed E-state index contributed by atoms with van der Waals surface area (Å²) < 4.78 is 11.3. The predicted molar refractivity (Wildman–Crippen MR) is 129 cm³/mol. The van der Waals surface area contributed by atoms with E-state index < -0.39 is 23.7 Å². The number of methoxy groups -OCH3 is 1. The van der Waals surface area contributed by atoms with Crippen molar-refractivity contribution in [3.8, 4) is 0 Å². The number of hydrogen-bond acceptors (Lipinski definition) is 5. The van der Waals surface area contributed by atoms with Crippen molar-refractivity contribution in [3.05, 3.63) is 69.2 Å². The van der Waals surface area contributed by atoms with Crippen LogP contribution in [0.3, 0.4) is 0 Å². The molecule has 0 bridgehead atoms. The Morgan fingerprint density at radius 1 is 1.06 bits per heavy atom. The summed E-state index contributed by atoms with van der Waals surface area (Å²) >= 11 is 9.44. The van der Waals surface area contributed by atoms with Gasteiger partial charge in [-0.2, -0.15) is 0 Å². The van der Waals surface area contributed by atoms with Gasteiger partial charge in [0, 0.05) is 40.0 Å². The fraction of sp³-hybridized carbons (Fsp3) is 0.400. The fourth-order valence-electron chi connectivity index (χ4n) is 4.28. The van der Waals surface area contributed by atoms with Gasteiger partial charge in [-0.15, -0.1) is 0 Å². The number of Topliss-reactive ketones (excluding diaryl/α,β-unsaturated/α-hetero) is 1. The number of esters is 1. The average molecular weight is 537 g/mol. The van der Waals surface area contributed by atoms with Crippen molar-refractivity contribution in [1.82, 2.24) is 4.90 Å². The molecule has 1 aliphatic heterocycles. The molecule has 1 fully saturated rings. The summed E-state index contributed by atoms with van der Waals surface area (Å²) in [7, 11) is 1.27. The highest BCUT2D eigenvalue weighted by Crippen LogP contribution is 2.39. The molecule has 8 heteroatoms.